The molecule has 0 aliphatic heterocycles. The molecule has 1 heterocycles. The van der Waals surface area contributed by atoms with Crippen LogP contribution in [0.5, 0.6) is 0 Å². The topological polar surface area (TPSA) is 84.2 Å². The minimum Gasteiger partial charge on any atom is -0.392 e. The lowest BCUT2D eigenvalue weighted by Crippen LogP contribution is -2.29. The number of aromatic nitrogens is 2. The smallest absolute Gasteiger partial charge is 0.262 e. The maximum atomic E-state index is 12.9. The average molecular weight is 497 g/mol. The molecule has 9 heteroatoms. The molecule has 1 amide bonds. The van der Waals surface area contributed by atoms with Crippen molar-refractivity contribution in [3.05, 3.63) is 62.3 Å². The first-order valence-corrected chi connectivity index (χ1v) is 10.9. The van der Waals surface area contributed by atoms with E-state index in [9.17, 15) is 14.7 Å². The molecule has 6 nitrogen and oxygen atoms in total. The van der Waals surface area contributed by atoms with Crippen LogP contribution < -0.4 is 10.9 Å². The van der Waals surface area contributed by atoms with Crippen LogP contribution in [-0.2, 0) is 11.3 Å². The number of hydrogen-bond acceptors (Lipinski definition) is 5. The van der Waals surface area contributed by atoms with Gasteiger partial charge in [-0.2, -0.15) is 0 Å². The third-order valence-corrected chi connectivity index (χ3v) is 5.89. The van der Waals surface area contributed by atoms with Gasteiger partial charge in [0.15, 0.2) is 5.16 Å². The van der Waals surface area contributed by atoms with Gasteiger partial charge in [0.2, 0.25) is 5.91 Å². The summed E-state index contributed by atoms with van der Waals surface area (Å²) in [5, 5.41) is 13.4. The molecule has 0 fully saturated rings. The number of rotatable bonds is 6. The lowest BCUT2D eigenvalue weighted by molar-refractivity contribution is -0.115. The third kappa shape index (κ3) is 5.39. The molecule has 29 heavy (non-hydrogen) atoms. The quantitative estimate of drug-likeness (QED) is 0.392. The summed E-state index contributed by atoms with van der Waals surface area (Å²) in [5.74, 6) is -0.225. The van der Waals surface area contributed by atoms with Crippen LogP contribution in [0.4, 0.5) is 5.69 Å². The van der Waals surface area contributed by atoms with Gasteiger partial charge in [0.25, 0.3) is 5.56 Å². The van der Waals surface area contributed by atoms with Crippen molar-refractivity contribution >= 4 is 61.8 Å². The second-order valence-corrected chi connectivity index (χ2v) is 9.24. The van der Waals surface area contributed by atoms with E-state index in [2.05, 4.69) is 26.2 Å². The van der Waals surface area contributed by atoms with Crippen molar-refractivity contribution in [3.63, 3.8) is 0 Å². The molecular formula is C20H19BrClN3O3S. The zero-order chi connectivity index (χ0) is 21.1. The van der Waals surface area contributed by atoms with Crippen LogP contribution in [0.1, 0.15) is 13.8 Å². The van der Waals surface area contributed by atoms with Gasteiger partial charge in [-0.15, -0.1) is 0 Å². The molecule has 0 aliphatic rings. The molecule has 1 aromatic heterocycles. The zero-order valence-corrected chi connectivity index (χ0v) is 18.9. The number of hydrogen-bond donors (Lipinski definition) is 2. The standard InChI is InChI=1S/C20H19BrClN3O3S/c1-11(26)10-25-19(28)16-7-6-14(22)9-17(16)24-20(25)29-12(2)18(27)23-15-5-3-4-13(21)8-15/h3-9,11-12,26H,10H2,1-2H3,(H,23,27)/t11-,12-/m0/s1. The number of aliphatic hydroxyl groups is 1. The summed E-state index contributed by atoms with van der Waals surface area (Å²) in [6.45, 7) is 3.40. The number of fused-ring (bicyclic) bond motifs is 1. The predicted molar refractivity (Wildman–Crippen MR) is 121 cm³/mol. The van der Waals surface area contributed by atoms with E-state index in [0.29, 0.717) is 26.8 Å². The molecule has 0 radical (unpaired) electrons. The Balaban J connectivity index is 1.92. The number of nitrogens with zero attached hydrogens (tertiary/aromatic N) is 2. The normalized spacial score (nSPS) is 13.3. The Labute approximate surface area is 185 Å². The summed E-state index contributed by atoms with van der Waals surface area (Å²) in [6, 6.07) is 12.1. The maximum absolute atomic E-state index is 12.9. The van der Waals surface area contributed by atoms with Crippen molar-refractivity contribution in [2.45, 2.75) is 36.9 Å². The predicted octanol–water partition coefficient (Wildman–Crippen LogP) is 4.31. The largest absolute Gasteiger partial charge is 0.392 e. The number of halogens is 2. The van der Waals surface area contributed by atoms with Crippen LogP contribution in [0, 0.1) is 0 Å². The third-order valence-electron chi connectivity index (χ3n) is 4.07. The highest BCUT2D eigenvalue weighted by Gasteiger charge is 2.20. The van der Waals surface area contributed by atoms with E-state index in [1.807, 2.05) is 12.1 Å². The Morgan fingerprint density at radius 3 is 2.76 bits per heavy atom. The average Bonchev–Trinajstić information content (AvgIpc) is 2.64. The monoisotopic (exact) mass is 495 g/mol. The van der Waals surface area contributed by atoms with Gasteiger partial charge < -0.3 is 10.4 Å². The summed E-state index contributed by atoms with van der Waals surface area (Å²) in [6.07, 6.45) is -0.746. The summed E-state index contributed by atoms with van der Waals surface area (Å²) >= 11 is 10.6. The zero-order valence-electron chi connectivity index (χ0n) is 15.7. The number of nitrogens with one attached hydrogen (secondary N) is 1. The van der Waals surface area contributed by atoms with Crippen molar-refractivity contribution in [1.29, 1.82) is 0 Å². The van der Waals surface area contributed by atoms with E-state index < -0.39 is 11.4 Å². The minimum atomic E-state index is -0.746. The van der Waals surface area contributed by atoms with Crippen LogP contribution >= 0.6 is 39.3 Å². The van der Waals surface area contributed by atoms with Crippen LogP contribution in [0.25, 0.3) is 10.9 Å². The van der Waals surface area contributed by atoms with Gasteiger partial charge in [-0.05, 0) is 50.2 Å². The molecule has 0 aliphatic carbocycles. The van der Waals surface area contributed by atoms with Gasteiger partial charge >= 0.3 is 0 Å². The Morgan fingerprint density at radius 1 is 1.31 bits per heavy atom. The Kier molecular flexibility index (Phi) is 7.00. The highest BCUT2D eigenvalue weighted by molar-refractivity contribution is 9.10. The molecule has 0 unspecified atom stereocenters. The molecule has 2 aromatic carbocycles. The van der Waals surface area contributed by atoms with Crippen LogP contribution in [0.2, 0.25) is 5.02 Å². The van der Waals surface area contributed by atoms with E-state index in [-0.39, 0.29) is 18.0 Å². The first-order valence-electron chi connectivity index (χ1n) is 8.86. The highest BCUT2D eigenvalue weighted by atomic mass is 79.9. The van der Waals surface area contributed by atoms with E-state index >= 15 is 0 Å². The molecule has 152 valence electrons. The Bertz CT molecular complexity index is 1120. The van der Waals surface area contributed by atoms with Crippen LogP contribution in [-0.4, -0.2) is 31.9 Å². The van der Waals surface area contributed by atoms with Crippen molar-refractivity contribution in [2.75, 3.05) is 5.32 Å². The molecule has 0 spiro atoms. The summed E-state index contributed by atoms with van der Waals surface area (Å²) in [5.41, 5.74) is 0.831. The maximum Gasteiger partial charge on any atom is 0.262 e. The summed E-state index contributed by atoms with van der Waals surface area (Å²) < 4.78 is 2.25. The van der Waals surface area contributed by atoms with E-state index in [0.717, 1.165) is 16.2 Å². The molecular weight excluding hydrogens is 478 g/mol. The highest BCUT2D eigenvalue weighted by Crippen LogP contribution is 2.25. The molecule has 0 bridgehead atoms. The van der Waals surface area contributed by atoms with E-state index in [1.54, 1.807) is 44.2 Å². The lowest BCUT2D eigenvalue weighted by atomic mass is 10.2. The van der Waals surface area contributed by atoms with E-state index in [4.69, 9.17) is 11.6 Å². The fourth-order valence-corrected chi connectivity index (χ4v) is 4.19. The van der Waals surface area contributed by atoms with Gasteiger partial charge in [0, 0.05) is 15.2 Å². The summed E-state index contributed by atoms with van der Waals surface area (Å²) in [4.78, 5) is 30.1. The first kappa shape index (κ1) is 21.8. The number of benzene rings is 2. The number of aliphatic hydroxyl groups excluding tert-OH is 1. The van der Waals surface area contributed by atoms with Gasteiger partial charge in [0.05, 0.1) is 28.8 Å². The van der Waals surface area contributed by atoms with Crippen molar-refractivity contribution in [3.8, 4) is 0 Å². The van der Waals surface area contributed by atoms with Crippen molar-refractivity contribution in [2.24, 2.45) is 0 Å². The number of thioether (sulfide) groups is 1. The fourth-order valence-electron chi connectivity index (χ4n) is 2.71. The summed E-state index contributed by atoms with van der Waals surface area (Å²) in [7, 11) is 0. The van der Waals surface area contributed by atoms with Gasteiger partial charge in [0.1, 0.15) is 0 Å². The molecule has 0 saturated carbocycles. The molecule has 2 N–H and O–H groups in total. The number of carbonyl (C=O) groups is 1. The SMILES string of the molecule is C[C@H](O)Cn1c(S[C@@H](C)C(=O)Nc2cccc(Br)c2)nc2cc(Cl)ccc2c1=O. The van der Waals surface area contributed by atoms with Crippen LogP contribution in [0.15, 0.2) is 56.9 Å². The fraction of sp³-hybridized carbons (Fsp3) is 0.250. The van der Waals surface area contributed by atoms with Gasteiger partial charge in [-0.25, -0.2) is 4.98 Å². The first-order chi connectivity index (χ1) is 13.7. The molecule has 2 atom stereocenters. The molecule has 3 rings (SSSR count). The Hall–Kier alpha value is -1.87. The van der Waals surface area contributed by atoms with Crippen molar-refractivity contribution in [1.82, 2.24) is 9.55 Å². The van der Waals surface area contributed by atoms with Crippen molar-refractivity contribution < 1.29 is 9.90 Å². The Morgan fingerprint density at radius 2 is 2.07 bits per heavy atom. The molecule has 0 saturated heterocycles. The van der Waals surface area contributed by atoms with Gasteiger partial charge in [-0.3, -0.25) is 14.2 Å². The van der Waals surface area contributed by atoms with Crippen LogP contribution in [0.3, 0.4) is 0 Å². The number of amides is 1. The molecule has 3 aromatic rings. The second-order valence-electron chi connectivity index (χ2n) is 6.58. The second kappa shape index (κ2) is 9.30. The van der Waals surface area contributed by atoms with E-state index in [1.165, 1.54) is 4.57 Å². The lowest BCUT2D eigenvalue weighted by Gasteiger charge is -2.17. The van der Waals surface area contributed by atoms with Gasteiger partial charge in [-0.1, -0.05) is 45.4 Å². The number of carbonyl (C=O) groups excluding carboxylic acids is 1. The minimum absolute atomic E-state index is 0.0761. The number of anilines is 1.